The molecule has 1 aromatic rings. The summed E-state index contributed by atoms with van der Waals surface area (Å²) in [6.45, 7) is 0.485. The summed E-state index contributed by atoms with van der Waals surface area (Å²) >= 11 is 1.97. The lowest BCUT2D eigenvalue weighted by Crippen LogP contribution is -2.35. The van der Waals surface area contributed by atoms with Crippen LogP contribution in [0, 0.1) is 0 Å². The number of ether oxygens (including phenoxy) is 1. The van der Waals surface area contributed by atoms with Crippen LogP contribution in [-0.4, -0.2) is 48.9 Å². The first-order valence-electron chi connectivity index (χ1n) is 6.16. The van der Waals surface area contributed by atoms with Gasteiger partial charge in [-0.05, 0) is 31.4 Å². The van der Waals surface area contributed by atoms with Crippen LogP contribution >= 0.6 is 11.8 Å². The fourth-order valence-corrected chi connectivity index (χ4v) is 3.41. The van der Waals surface area contributed by atoms with E-state index in [1.807, 2.05) is 37.0 Å². The third kappa shape index (κ3) is 3.27. The van der Waals surface area contributed by atoms with Crippen molar-refractivity contribution in [1.82, 2.24) is 4.90 Å². The van der Waals surface area contributed by atoms with E-state index < -0.39 is 0 Å². The van der Waals surface area contributed by atoms with E-state index in [4.69, 9.17) is 4.74 Å². The summed E-state index contributed by atoms with van der Waals surface area (Å²) in [5.41, 5.74) is 0.729. The molecule has 18 heavy (non-hydrogen) atoms. The molecule has 0 aliphatic carbocycles. The highest BCUT2D eigenvalue weighted by Gasteiger charge is 2.22. The van der Waals surface area contributed by atoms with Gasteiger partial charge < -0.3 is 4.74 Å². The zero-order valence-electron chi connectivity index (χ0n) is 10.9. The molecule has 2 rings (SSSR count). The number of methoxy groups -OCH3 is 1. The fraction of sp³-hybridized carbons (Fsp3) is 0.500. The largest absolute Gasteiger partial charge is 0.497 e. The minimum atomic E-state index is 0.160. The van der Waals surface area contributed by atoms with Crippen LogP contribution in [0.1, 0.15) is 16.8 Å². The van der Waals surface area contributed by atoms with E-state index in [1.54, 1.807) is 13.2 Å². The van der Waals surface area contributed by atoms with Crippen molar-refractivity contribution in [3.63, 3.8) is 0 Å². The molecule has 1 unspecified atom stereocenters. The van der Waals surface area contributed by atoms with Gasteiger partial charge in [0.2, 0.25) is 0 Å². The monoisotopic (exact) mass is 265 g/mol. The van der Waals surface area contributed by atoms with Gasteiger partial charge >= 0.3 is 0 Å². The smallest absolute Gasteiger partial charge is 0.176 e. The number of carbonyl (C=O) groups excluding carboxylic acids is 1. The third-order valence-corrected chi connectivity index (χ3v) is 4.46. The van der Waals surface area contributed by atoms with Crippen LogP contribution < -0.4 is 4.74 Å². The molecule has 0 aromatic heterocycles. The lowest BCUT2D eigenvalue weighted by molar-refractivity contribution is 0.0926. The lowest BCUT2D eigenvalue weighted by Gasteiger charge is -2.22. The highest BCUT2D eigenvalue weighted by Crippen LogP contribution is 2.21. The number of nitrogens with zero attached hydrogens (tertiary/aromatic N) is 1. The molecule has 1 aliphatic rings. The van der Waals surface area contributed by atoms with Crippen molar-refractivity contribution in [2.45, 2.75) is 12.5 Å². The molecule has 1 fully saturated rings. The minimum absolute atomic E-state index is 0.160. The summed E-state index contributed by atoms with van der Waals surface area (Å²) in [7, 11) is 3.65. The SMILES string of the molecule is COc1cccc(C(=O)CN(C)C2CCSC2)c1. The Bertz CT molecular complexity index is 416. The van der Waals surface area contributed by atoms with E-state index in [9.17, 15) is 4.79 Å². The van der Waals surface area contributed by atoms with Crippen molar-refractivity contribution in [3.05, 3.63) is 29.8 Å². The van der Waals surface area contributed by atoms with Gasteiger partial charge in [-0.3, -0.25) is 9.69 Å². The average Bonchev–Trinajstić information content (AvgIpc) is 2.92. The summed E-state index contributed by atoms with van der Waals surface area (Å²) in [4.78, 5) is 14.3. The lowest BCUT2D eigenvalue weighted by atomic mass is 10.1. The Kier molecular flexibility index (Phi) is 4.66. The Balaban J connectivity index is 1.97. The normalized spacial score (nSPS) is 19.2. The van der Waals surface area contributed by atoms with E-state index in [-0.39, 0.29) is 5.78 Å². The number of likely N-dealkylation sites (N-methyl/N-ethyl adjacent to an activating group) is 1. The molecular weight excluding hydrogens is 246 g/mol. The molecule has 0 saturated carbocycles. The van der Waals surface area contributed by atoms with Gasteiger partial charge in [-0.2, -0.15) is 11.8 Å². The number of hydrogen-bond acceptors (Lipinski definition) is 4. The highest BCUT2D eigenvalue weighted by atomic mass is 32.2. The Labute approximate surface area is 113 Å². The summed E-state index contributed by atoms with van der Waals surface area (Å²) in [6, 6.07) is 7.91. The maximum absolute atomic E-state index is 12.2. The van der Waals surface area contributed by atoms with Crippen LogP contribution in [0.2, 0.25) is 0 Å². The summed E-state index contributed by atoms with van der Waals surface area (Å²) in [6.07, 6.45) is 1.19. The third-order valence-electron chi connectivity index (χ3n) is 3.31. The standard InChI is InChI=1S/C14H19NO2S/c1-15(12-6-7-18-10-12)9-14(16)11-4-3-5-13(8-11)17-2/h3-5,8,12H,6-7,9-10H2,1-2H3. The predicted octanol–water partition coefficient (Wildman–Crippen LogP) is 2.32. The van der Waals surface area contributed by atoms with Crippen LogP contribution in [-0.2, 0) is 0 Å². The molecule has 1 saturated heterocycles. The molecule has 4 heteroatoms. The van der Waals surface area contributed by atoms with Gasteiger partial charge in [-0.25, -0.2) is 0 Å². The molecule has 1 heterocycles. The Morgan fingerprint density at radius 2 is 2.39 bits per heavy atom. The maximum atomic E-state index is 12.2. The Morgan fingerprint density at radius 3 is 3.06 bits per heavy atom. The van der Waals surface area contributed by atoms with Gasteiger partial charge in [0.05, 0.1) is 13.7 Å². The Hall–Kier alpha value is -1.00. The summed E-state index contributed by atoms with van der Waals surface area (Å²) in [5, 5.41) is 0. The molecule has 0 spiro atoms. The van der Waals surface area contributed by atoms with E-state index in [2.05, 4.69) is 4.90 Å². The first kappa shape index (κ1) is 13.4. The highest BCUT2D eigenvalue weighted by molar-refractivity contribution is 7.99. The molecule has 1 aromatic carbocycles. The van der Waals surface area contributed by atoms with Crippen LogP contribution in [0.3, 0.4) is 0 Å². The molecule has 0 amide bonds. The quantitative estimate of drug-likeness (QED) is 0.764. The second-order valence-electron chi connectivity index (χ2n) is 4.59. The van der Waals surface area contributed by atoms with E-state index >= 15 is 0 Å². The summed E-state index contributed by atoms with van der Waals surface area (Å²) < 4.78 is 5.14. The van der Waals surface area contributed by atoms with Crippen molar-refractivity contribution in [1.29, 1.82) is 0 Å². The van der Waals surface area contributed by atoms with Crippen LogP contribution in [0.5, 0.6) is 5.75 Å². The zero-order chi connectivity index (χ0) is 13.0. The molecule has 98 valence electrons. The first-order chi connectivity index (χ1) is 8.70. The number of hydrogen-bond donors (Lipinski definition) is 0. The van der Waals surface area contributed by atoms with E-state index in [0.29, 0.717) is 12.6 Å². The fourth-order valence-electron chi connectivity index (χ4n) is 2.11. The second-order valence-corrected chi connectivity index (χ2v) is 5.74. The number of carbonyl (C=O) groups is 1. The number of Topliss-reactive ketones (excluding diaryl/α,β-unsaturated/α-hetero) is 1. The number of benzene rings is 1. The van der Waals surface area contributed by atoms with Gasteiger partial charge in [-0.1, -0.05) is 12.1 Å². The molecular formula is C14H19NO2S. The first-order valence-corrected chi connectivity index (χ1v) is 7.31. The summed E-state index contributed by atoms with van der Waals surface area (Å²) in [5.74, 6) is 3.25. The Morgan fingerprint density at radius 1 is 1.56 bits per heavy atom. The maximum Gasteiger partial charge on any atom is 0.176 e. The van der Waals surface area contributed by atoms with Gasteiger partial charge in [0.25, 0.3) is 0 Å². The molecule has 0 bridgehead atoms. The van der Waals surface area contributed by atoms with Crippen molar-refractivity contribution >= 4 is 17.5 Å². The van der Waals surface area contributed by atoms with E-state index in [1.165, 1.54) is 12.2 Å². The molecule has 0 radical (unpaired) electrons. The van der Waals surface area contributed by atoms with Crippen LogP contribution in [0.4, 0.5) is 0 Å². The molecule has 1 aliphatic heterocycles. The van der Waals surface area contributed by atoms with Gasteiger partial charge in [0.15, 0.2) is 5.78 Å². The average molecular weight is 265 g/mol. The van der Waals surface area contributed by atoms with Crippen molar-refractivity contribution in [2.24, 2.45) is 0 Å². The van der Waals surface area contributed by atoms with Crippen molar-refractivity contribution in [3.8, 4) is 5.75 Å². The van der Waals surface area contributed by atoms with Crippen molar-refractivity contribution in [2.75, 3.05) is 32.2 Å². The van der Waals surface area contributed by atoms with Gasteiger partial charge in [0.1, 0.15) is 5.75 Å². The minimum Gasteiger partial charge on any atom is -0.497 e. The van der Waals surface area contributed by atoms with Gasteiger partial charge in [-0.15, -0.1) is 0 Å². The molecule has 0 N–H and O–H groups in total. The predicted molar refractivity (Wildman–Crippen MR) is 75.7 cm³/mol. The van der Waals surface area contributed by atoms with E-state index in [0.717, 1.165) is 17.1 Å². The number of rotatable bonds is 5. The second kappa shape index (κ2) is 6.25. The topological polar surface area (TPSA) is 29.5 Å². The van der Waals surface area contributed by atoms with Crippen LogP contribution in [0.15, 0.2) is 24.3 Å². The van der Waals surface area contributed by atoms with Crippen molar-refractivity contribution < 1.29 is 9.53 Å². The molecule has 1 atom stereocenters. The zero-order valence-corrected chi connectivity index (χ0v) is 11.7. The number of ketones is 1. The van der Waals surface area contributed by atoms with Gasteiger partial charge in [0, 0.05) is 17.4 Å². The number of thioether (sulfide) groups is 1. The molecule has 3 nitrogen and oxygen atoms in total. The van der Waals surface area contributed by atoms with Crippen LogP contribution in [0.25, 0.3) is 0 Å².